The predicted molar refractivity (Wildman–Crippen MR) is 55.0 cm³/mol. The van der Waals surface area contributed by atoms with Crippen LogP contribution in [0.4, 0.5) is 0 Å². The van der Waals surface area contributed by atoms with Crippen molar-refractivity contribution >= 4 is 17.2 Å². The van der Waals surface area contributed by atoms with Gasteiger partial charge in [0.25, 0.3) is 0 Å². The van der Waals surface area contributed by atoms with Crippen LogP contribution in [0.25, 0.3) is 10.9 Å². The topological polar surface area (TPSA) is 42.1 Å². The molecular weight excluding hydrogens is 178 g/mol. The molecule has 0 aliphatic rings. The maximum Gasteiger partial charge on any atom is 0.166 e. The Hall–Kier alpha value is -1.77. The summed E-state index contributed by atoms with van der Waals surface area (Å²) >= 11 is 0. The number of ether oxygens (including phenoxy) is 1. The number of aldehydes is 1. The third-order valence-electron chi connectivity index (χ3n) is 2.21. The molecule has 0 aliphatic heterocycles. The van der Waals surface area contributed by atoms with Crippen LogP contribution in [-0.2, 0) is 0 Å². The summed E-state index contributed by atoms with van der Waals surface area (Å²) < 4.78 is 5.23. The monoisotopic (exact) mass is 189 g/mol. The highest BCUT2D eigenvalue weighted by Gasteiger charge is 2.06. The highest BCUT2D eigenvalue weighted by atomic mass is 16.5. The highest BCUT2D eigenvalue weighted by Crippen LogP contribution is 2.27. The van der Waals surface area contributed by atoms with Crippen LogP contribution < -0.4 is 4.74 Å². The first kappa shape index (κ1) is 8.81. The Morgan fingerprint density at radius 2 is 2.14 bits per heavy atom. The molecule has 0 aliphatic carbocycles. The standard InChI is InChI=1S/C11H11NO2/c1-7-3-10-9(11(4-7)14-2)5-8(6-13)12-10/h3-6,12H,1-2H3. The van der Waals surface area contributed by atoms with Gasteiger partial charge in [-0.25, -0.2) is 0 Å². The second-order valence-corrected chi connectivity index (χ2v) is 3.27. The number of benzene rings is 1. The maximum atomic E-state index is 10.6. The number of aryl methyl sites for hydroxylation is 1. The molecule has 1 aromatic carbocycles. The van der Waals surface area contributed by atoms with E-state index in [1.165, 1.54) is 0 Å². The molecule has 0 saturated carbocycles. The van der Waals surface area contributed by atoms with E-state index in [2.05, 4.69) is 4.98 Å². The number of carbonyl (C=O) groups is 1. The van der Waals surface area contributed by atoms with E-state index in [1.807, 2.05) is 19.1 Å². The number of hydrogen-bond donors (Lipinski definition) is 1. The van der Waals surface area contributed by atoms with Crippen molar-refractivity contribution in [1.29, 1.82) is 0 Å². The molecule has 0 saturated heterocycles. The van der Waals surface area contributed by atoms with Gasteiger partial charge in [-0.15, -0.1) is 0 Å². The number of hydrogen-bond acceptors (Lipinski definition) is 2. The van der Waals surface area contributed by atoms with Crippen LogP contribution in [0.1, 0.15) is 16.1 Å². The zero-order valence-corrected chi connectivity index (χ0v) is 8.13. The number of aromatic nitrogens is 1. The Bertz CT molecular complexity index is 485. The quantitative estimate of drug-likeness (QED) is 0.736. The summed E-state index contributed by atoms with van der Waals surface area (Å²) in [6.45, 7) is 1.99. The summed E-state index contributed by atoms with van der Waals surface area (Å²) in [5.74, 6) is 0.796. The average Bonchev–Trinajstić information content (AvgIpc) is 2.59. The van der Waals surface area contributed by atoms with Gasteiger partial charge in [-0.3, -0.25) is 4.79 Å². The molecule has 0 atom stereocenters. The van der Waals surface area contributed by atoms with Gasteiger partial charge in [-0.1, -0.05) is 0 Å². The minimum atomic E-state index is 0.573. The van der Waals surface area contributed by atoms with Gasteiger partial charge < -0.3 is 9.72 Å². The van der Waals surface area contributed by atoms with Gasteiger partial charge >= 0.3 is 0 Å². The van der Waals surface area contributed by atoms with Gasteiger partial charge in [0.2, 0.25) is 0 Å². The van der Waals surface area contributed by atoms with Crippen molar-refractivity contribution < 1.29 is 9.53 Å². The molecular formula is C11H11NO2. The number of rotatable bonds is 2. The van der Waals surface area contributed by atoms with Crippen LogP contribution in [-0.4, -0.2) is 18.4 Å². The fourth-order valence-corrected chi connectivity index (χ4v) is 1.60. The van der Waals surface area contributed by atoms with E-state index < -0.39 is 0 Å². The van der Waals surface area contributed by atoms with E-state index in [4.69, 9.17) is 4.74 Å². The summed E-state index contributed by atoms with van der Waals surface area (Å²) in [4.78, 5) is 13.6. The van der Waals surface area contributed by atoms with Crippen LogP contribution in [0.2, 0.25) is 0 Å². The summed E-state index contributed by atoms with van der Waals surface area (Å²) in [6, 6.07) is 5.73. The summed E-state index contributed by atoms with van der Waals surface area (Å²) in [7, 11) is 1.63. The predicted octanol–water partition coefficient (Wildman–Crippen LogP) is 2.30. The van der Waals surface area contributed by atoms with Gasteiger partial charge in [0.15, 0.2) is 6.29 Å². The first-order valence-corrected chi connectivity index (χ1v) is 4.37. The molecule has 14 heavy (non-hydrogen) atoms. The Morgan fingerprint density at radius 3 is 2.79 bits per heavy atom. The normalized spacial score (nSPS) is 10.4. The second kappa shape index (κ2) is 3.18. The molecule has 3 nitrogen and oxygen atoms in total. The van der Waals surface area contributed by atoms with E-state index in [1.54, 1.807) is 13.2 Å². The lowest BCUT2D eigenvalue weighted by Gasteiger charge is -2.02. The highest BCUT2D eigenvalue weighted by molar-refractivity contribution is 5.92. The van der Waals surface area contributed by atoms with Gasteiger partial charge in [-0.2, -0.15) is 0 Å². The Kier molecular flexibility index (Phi) is 2.00. The van der Waals surface area contributed by atoms with Crippen molar-refractivity contribution in [1.82, 2.24) is 4.98 Å². The van der Waals surface area contributed by atoms with Crippen LogP contribution >= 0.6 is 0 Å². The van der Waals surface area contributed by atoms with Crippen molar-refractivity contribution in [2.45, 2.75) is 6.92 Å². The van der Waals surface area contributed by atoms with Crippen molar-refractivity contribution in [3.05, 3.63) is 29.5 Å². The van der Waals surface area contributed by atoms with Gasteiger partial charge in [0.1, 0.15) is 5.75 Å². The van der Waals surface area contributed by atoms with Crippen molar-refractivity contribution in [3.8, 4) is 5.75 Å². The van der Waals surface area contributed by atoms with Crippen LogP contribution in [0, 0.1) is 6.92 Å². The molecule has 0 unspecified atom stereocenters. The first-order valence-electron chi connectivity index (χ1n) is 4.37. The van der Waals surface area contributed by atoms with E-state index in [0.29, 0.717) is 5.69 Å². The number of aromatic amines is 1. The van der Waals surface area contributed by atoms with Gasteiger partial charge in [0.05, 0.1) is 12.8 Å². The summed E-state index contributed by atoms with van der Waals surface area (Å²) in [5, 5.41) is 0.945. The van der Waals surface area contributed by atoms with Crippen molar-refractivity contribution in [3.63, 3.8) is 0 Å². The molecule has 1 aromatic heterocycles. The van der Waals surface area contributed by atoms with Gasteiger partial charge in [-0.05, 0) is 30.7 Å². The van der Waals surface area contributed by atoms with E-state index in [0.717, 1.165) is 28.5 Å². The average molecular weight is 189 g/mol. The fraction of sp³-hybridized carbons (Fsp3) is 0.182. The van der Waals surface area contributed by atoms with Gasteiger partial charge in [0, 0.05) is 10.9 Å². The molecule has 0 amide bonds. The third kappa shape index (κ3) is 1.27. The van der Waals surface area contributed by atoms with E-state index in [-0.39, 0.29) is 0 Å². The number of carbonyl (C=O) groups excluding carboxylic acids is 1. The van der Waals surface area contributed by atoms with Crippen molar-refractivity contribution in [2.24, 2.45) is 0 Å². The fourth-order valence-electron chi connectivity index (χ4n) is 1.60. The van der Waals surface area contributed by atoms with Crippen LogP contribution in [0.3, 0.4) is 0 Å². The van der Waals surface area contributed by atoms with Crippen LogP contribution in [0.15, 0.2) is 18.2 Å². The maximum absolute atomic E-state index is 10.6. The lowest BCUT2D eigenvalue weighted by atomic mass is 10.1. The lowest BCUT2D eigenvalue weighted by Crippen LogP contribution is -1.84. The molecule has 2 rings (SSSR count). The lowest BCUT2D eigenvalue weighted by molar-refractivity contribution is 0.112. The molecule has 0 fully saturated rings. The zero-order chi connectivity index (χ0) is 10.1. The minimum Gasteiger partial charge on any atom is -0.496 e. The third-order valence-corrected chi connectivity index (χ3v) is 2.21. The first-order chi connectivity index (χ1) is 6.74. The number of nitrogens with one attached hydrogen (secondary N) is 1. The number of H-pyrrole nitrogens is 1. The Balaban J connectivity index is 2.77. The van der Waals surface area contributed by atoms with Crippen molar-refractivity contribution in [2.75, 3.05) is 7.11 Å². The molecule has 72 valence electrons. The number of fused-ring (bicyclic) bond motifs is 1. The molecule has 0 spiro atoms. The molecule has 1 N–H and O–H groups in total. The number of methoxy groups -OCH3 is 1. The second-order valence-electron chi connectivity index (χ2n) is 3.27. The summed E-state index contributed by atoms with van der Waals surface area (Å²) in [5.41, 5.74) is 2.61. The Morgan fingerprint density at radius 1 is 1.36 bits per heavy atom. The Labute approximate surface area is 81.7 Å². The summed E-state index contributed by atoms with van der Waals surface area (Å²) in [6.07, 6.45) is 0.800. The smallest absolute Gasteiger partial charge is 0.166 e. The SMILES string of the molecule is COc1cc(C)cc2[nH]c(C=O)cc12. The largest absolute Gasteiger partial charge is 0.496 e. The molecule has 2 aromatic rings. The molecule has 0 bridgehead atoms. The zero-order valence-electron chi connectivity index (χ0n) is 8.13. The van der Waals surface area contributed by atoms with E-state index in [9.17, 15) is 4.79 Å². The molecule has 1 heterocycles. The molecule has 0 radical (unpaired) electrons. The van der Waals surface area contributed by atoms with Crippen LogP contribution in [0.5, 0.6) is 5.75 Å². The van der Waals surface area contributed by atoms with E-state index >= 15 is 0 Å². The molecule has 3 heteroatoms. The minimum absolute atomic E-state index is 0.573.